The number of anilines is 3. The first-order chi connectivity index (χ1) is 16.3. The van der Waals surface area contributed by atoms with E-state index in [4.69, 9.17) is 13.9 Å². The Hall–Kier alpha value is -3.53. The summed E-state index contributed by atoms with van der Waals surface area (Å²) >= 11 is 0. The van der Waals surface area contributed by atoms with Gasteiger partial charge in [0.25, 0.3) is 10.1 Å². The van der Waals surface area contributed by atoms with Gasteiger partial charge in [0, 0.05) is 29.1 Å². The molecule has 1 amide bonds. The maximum Gasteiger partial charge on any atom is 0.264 e. The van der Waals surface area contributed by atoms with Gasteiger partial charge in [-0.3, -0.25) is 8.98 Å². The van der Waals surface area contributed by atoms with E-state index in [1.807, 2.05) is 66.7 Å². The van der Waals surface area contributed by atoms with Gasteiger partial charge in [0.2, 0.25) is 5.91 Å². The molecule has 0 aliphatic rings. The lowest BCUT2D eigenvalue weighted by Crippen LogP contribution is -2.10. The molecule has 4 aromatic rings. The van der Waals surface area contributed by atoms with Crippen LogP contribution in [0.2, 0.25) is 0 Å². The first kappa shape index (κ1) is 23.6. The molecule has 1 heterocycles. The van der Waals surface area contributed by atoms with E-state index in [1.165, 1.54) is 6.92 Å². The molecular weight excluding hydrogens is 454 g/mol. The SMILES string of the molecule is CC(=O)Nc1cc(COCCOS(C)(=O)=O)cc(Nc2c3ccccc3nc3ccccc23)c1. The number of hydrogen-bond donors (Lipinski definition) is 2. The first-order valence-corrected chi connectivity index (χ1v) is 12.5. The van der Waals surface area contributed by atoms with Gasteiger partial charge in [-0.05, 0) is 35.9 Å². The number of hydrogen-bond acceptors (Lipinski definition) is 7. The monoisotopic (exact) mass is 479 g/mol. The highest BCUT2D eigenvalue weighted by atomic mass is 32.2. The molecule has 8 nitrogen and oxygen atoms in total. The van der Waals surface area contributed by atoms with Gasteiger partial charge in [0.05, 0.1) is 42.8 Å². The molecule has 0 spiro atoms. The van der Waals surface area contributed by atoms with Crippen LogP contribution in [0.15, 0.2) is 66.7 Å². The van der Waals surface area contributed by atoms with Crippen LogP contribution in [-0.4, -0.2) is 38.8 Å². The highest BCUT2D eigenvalue weighted by molar-refractivity contribution is 7.85. The number of pyridine rings is 1. The van der Waals surface area contributed by atoms with E-state index in [0.29, 0.717) is 5.69 Å². The van der Waals surface area contributed by atoms with Gasteiger partial charge in [0.15, 0.2) is 0 Å². The topological polar surface area (TPSA) is 107 Å². The smallest absolute Gasteiger partial charge is 0.264 e. The number of carbonyl (C=O) groups excluding carboxylic acids is 1. The van der Waals surface area contributed by atoms with E-state index in [0.717, 1.165) is 45.0 Å². The van der Waals surface area contributed by atoms with Crippen LogP contribution in [0.5, 0.6) is 0 Å². The predicted octanol–water partition coefficient (Wildman–Crippen LogP) is 4.58. The molecule has 0 aliphatic carbocycles. The number of aromatic nitrogens is 1. The molecule has 0 fully saturated rings. The van der Waals surface area contributed by atoms with Crippen LogP contribution < -0.4 is 10.6 Å². The molecule has 0 saturated carbocycles. The second-order valence-electron chi connectivity index (χ2n) is 7.82. The fraction of sp³-hybridized carbons (Fsp3) is 0.200. The van der Waals surface area contributed by atoms with Crippen LogP contribution in [-0.2, 0) is 30.4 Å². The van der Waals surface area contributed by atoms with Crippen LogP contribution >= 0.6 is 0 Å². The molecule has 3 aromatic carbocycles. The lowest BCUT2D eigenvalue weighted by atomic mass is 10.1. The zero-order chi connectivity index (χ0) is 24.1. The number of fused-ring (bicyclic) bond motifs is 2. The van der Waals surface area contributed by atoms with Gasteiger partial charge in [-0.2, -0.15) is 8.42 Å². The first-order valence-electron chi connectivity index (χ1n) is 10.7. The van der Waals surface area contributed by atoms with Gasteiger partial charge < -0.3 is 15.4 Å². The van der Waals surface area contributed by atoms with Crippen molar-refractivity contribution < 1.29 is 22.1 Å². The van der Waals surface area contributed by atoms with Gasteiger partial charge in [-0.1, -0.05) is 36.4 Å². The minimum atomic E-state index is -3.51. The largest absolute Gasteiger partial charge is 0.374 e. The molecule has 4 rings (SSSR count). The Morgan fingerprint density at radius 3 is 2.15 bits per heavy atom. The van der Waals surface area contributed by atoms with Crippen molar-refractivity contribution in [3.05, 3.63) is 72.3 Å². The summed E-state index contributed by atoms with van der Waals surface area (Å²) < 4.78 is 32.5. The van der Waals surface area contributed by atoms with Crippen molar-refractivity contribution in [1.29, 1.82) is 0 Å². The molecule has 0 aliphatic heterocycles. The minimum absolute atomic E-state index is 0.0652. The molecular formula is C25H25N3O5S. The Bertz CT molecular complexity index is 1400. The van der Waals surface area contributed by atoms with Crippen LogP contribution in [0.3, 0.4) is 0 Å². The quantitative estimate of drug-likeness (QED) is 0.206. The van der Waals surface area contributed by atoms with Crippen molar-refractivity contribution in [3.8, 4) is 0 Å². The summed E-state index contributed by atoms with van der Waals surface area (Å²) in [6, 6.07) is 21.4. The normalized spacial score (nSPS) is 11.6. The molecule has 176 valence electrons. The van der Waals surface area contributed by atoms with E-state index in [2.05, 4.69) is 10.6 Å². The highest BCUT2D eigenvalue weighted by Crippen LogP contribution is 2.34. The maximum atomic E-state index is 11.7. The zero-order valence-corrected chi connectivity index (χ0v) is 19.7. The van der Waals surface area contributed by atoms with E-state index in [-0.39, 0.29) is 25.7 Å². The molecule has 9 heteroatoms. The van der Waals surface area contributed by atoms with Gasteiger partial charge in [-0.15, -0.1) is 0 Å². The molecule has 1 aromatic heterocycles. The summed E-state index contributed by atoms with van der Waals surface area (Å²) in [4.78, 5) is 16.5. The van der Waals surface area contributed by atoms with E-state index >= 15 is 0 Å². The van der Waals surface area contributed by atoms with E-state index < -0.39 is 10.1 Å². The third-order valence-corrected chi connectivity index (χ3v) is 5.56. The van der Waals surface area contributed by atoms with E-state index in [9.17, 15) is 13.2 Å². The molecule has 0 atom stereocenters. The summed E-state index contributed by atoms with van der Waals surface area (Å²) in [5.74, 6) is -0.189. The second-order valence-corrected chi connectivity index (χ2v) is 9.47. The highest BCUT2D eigenvalue weighted by Gasteiger charge is 2.11. The number of carbonyl (C=O) groups is 1. The average molecular weight is 480 g/mol. The van der Waals surface area contributed by atoms with Gasteiger partial charge in [0.1, 0.15) is 0 Å². The van der Waals surface area contributed by atoms with Crippen molar-refractivity contribution in [2.45, 2.75) is 13.5 Å². The lowest BCUT2D eigenvalue weighted by molar-refractivity contribution is -0.114. The third-order valence-electron chi connectivity index (χ3n) is 4.96. The van der Waals surface area contributed by atoms with Gasteiger partial charge >= 0.3 is 0 Å². The summed E-state index contributed by atoms with van der Waals surface area (Å²) in [7, 11) is -3.51. The lowest BCUT2D eigenvalue weighted by Gasteiger charge is -2.16. The predicted molar refractivity (Wildman–Crippen MR) is 134 cm³/mol. The standard InChI is InChI=1S/C25H25N3O5S/c1-17(29)26-19-13-18(16-32-11-12-33-34(2,30)31)14-20(15-19)27-25-21-7-3-5-9-23(21)28-24-10-6-4-8-22(24)25/h3-10,13-15H,11-12,16H2,1-2H3,(H,26,29)(H,27,28). The number of amides is 1. The summed E-state index contributed by atoms with van der Waals surface area (Å²) in [6.45, 7) is 1.71. The van der Waals surface area contributed by atoms with Crippen molar-refractivity contribution in [3.63, 3.8) is 0 Å². The van der Waals surface area contributed by atoms with Crippen molar-refractivity contribution >= 4 is 54.9 Å². The van der Waals surface area contributed by atoms with E-state index in [1.54, 1.807) is 0 Å². The third kappa shape index (κ3) is 6.07. The molecule has 0 radical (unpaired) electrons. The van der Waals surface area contributed by atoms with Crippen LogP contribution in [0.25, 0.3) is 21.8 Å². The Morgan fingerprint density at radius 2 is 1.53 bits per heavy atom. The summed E-state index contributed by atoms with van der Waals surface area (Å²) in [5.41, 5.74) is 4.84. The average Bonchev–Trinajstić information content (AvgIpc) is 2.77. The molecule has 0 bridgehead atoms. The molecule has 2 N–H and O–H groups in total. The Morgan fingerprint density at radius 1 is 0.912 bits per heavy atom. The number of ether oxygens (including phenoxy) is 1. The molecule has 34 heavy (non-hydrogen) atoms. The number of para-hydroxylation sites is 2. The fourth-order valence-corrected chi connectivity index (χ4v) is 4.05. The van der Waals surface area contributed by atoms with Crippen LogP contribution in [0.1, 0.15) is 12.5 Å². The minimum Gasteiger partial charge on any atom is -0.374 e. The Balaban J connectivity index is 1.65. The zero-order valence-electron chi connectivity index (χ0n) is 18.9. The Kier molecular flexibility index (Phi) is 7.06. The molecule has 0 unspecified atom stereocenters. The number of rotatable bonds is 9. The number of nitrogens with one attached hydrogen (secondary N) is 2. The van der Waals surface area contributed by atoms with Crippen LogP contribution in [0, 0.1) is 0 Å². The number of nitrogens with zero attached hydrogens (tertiary/aromatic N) is 1. The van der Waals surface area contributed by atoms with Crippen molar-refractivity contribution in [2.75, 3.05) is 30.1 Å². The summed E-state index contributed by atoms with van der Waals surface area (Å²) in [6.07, 6.45) is 0.994. The van der Waals surface area contributed by atoms with Crippen molar-refractivity contribution in [2.24, 2.45) is 0 Å². The maximum absolute atomic E-state index is 11.7. The number of benzene rings is 3. The van der Waals surface area contributed by atoms with Crippen LogP contribution in [0.4, 0.5) is 17.1 Å². The molecule has 0 saturated heterocycles. The second kappa shape index (κ2) is 10.2. The Labute approximate surface area is 198 Å². The van der Waals surface area contributed by atoms with Gasteiger partial charge in [-0.25, -0.2) is 4.98 Å². The van der Waals surface area contributed by atoms with Crippen molar-refractivity contribution in [1.82, 2.24) is 4.98 Å². The summed E-state index contributed by atoms with van der Waals surface area (Å²) in [5, 5.41) is 8.28. The fourth-order valence-electron chi connectivity index (χ4n) is 3.68.